The minimum atomic E-state index is -0.186. The number of carbonyl (C=O) groups excluding carboxylic acids is 2. The van der Waals surface area contributed by atoms with E-state index in [0.717, 1.165) is 12.8 Å². The molecule has 1 aromatic carbocycles. The number of unbranched alkanes of at least 4 members (excludes halogenated alkanes) is 1. The molecule has 0 fully saturated rings. The summed E-state index contributed by atoms with van der Waals surface area (Å²) in [5.41, 5.74) is 1.02. The monoisotopic (exact) mass is 430 g/mol. The Balaban J connectivity index is 0.00000180. The molecule has 0 radical (unpaired) electrons. The predicted molar refractivity (Wildman–Crippen MR) is 67.2 cm³/mol. The van der Waals surface area contributed by atoms with Crippen LogP contribution in [0.5, 0.6) is 0 Å². The number of fused-ring (bicyclic) bond motifs is 1. The molecule has 2 amide bonds. The van der Waals surface area contributed by atoms with Gasteiger partial charge >= 0.3 is 0 Å². The molecule has 0 unspecified atom stereocenters. The van der Waals surface area contributed by atoms with Crippen LogP contribution < -0.4 is 0 Å². The minimum absolute atomic E-state index is 0. The second-order valence-corrected chi connectivity index (χ2v) is 4.13. The Labute approximate surface area is 127 Å². The molecule has 1 aromatic rings. The van der Waals surface area contributed by atoms with Crippen LogP contribution in [0.25, 0.3) is 0 Å². The van der Waals surface area contributed by atoms with Gasteiger partial charge in [-0.15, -0.1) is 0 Å². The Morgan fingerprint density at radius 2 is 1.63 bits per heavy atom. The summed E-state index contributed by atoms with van der Waals surface area (Å²) in [7, 11) is 0. The molecule has 1 heterocycles. The van der Waals surface area contributed by atoms with E-state index in [1.54, 1.807) is 24.3 Å². The van der Waals surface area contributed by atoms with Crippen LogP contribution in [0.15, 0.2) is 24.3 Å². The van der Waals surface area contributed by atoms with Crippen molar-refractivity contribution in [1.82, 2.24) is 4.90 Å². The van der Waals surface area contributed by atoms with Crippen LogP contribution in [0.3, 0.4) is 0 Å². The smallest absolute Gasteiger partial charge is 0.261 e. The Morgan fingerprint density at radius 1 is 1.05 bits per heavy atom. The zero-order chi connectivity index (χ0) is 13.0. The first-order valence-electron chi connectivity index (χ1n) is 6.08. The maximum absolute atomic E-state index is 12.0. The van der Waals surface area contributed by atoms with Gasteiger partial charge < -0.3 is 11.7 Å². The summed E-state index contributed by atoms with van der Waals surface area (Å²) in [6.45, 7) is 5.09. The zero-order valence-electron chi connectivity index (χ0n) is 10.6. The Kier molecular flexibility index (Phi) is 6.39. The Morgan fingerprint density at radius 3 is 2.16 bits per heavy atom. The van der Waals surface area contributed by atoms with Crippen molar-refractivity contribution in [2.45, 2.75) is 12.8 Å². The molecule has 0 N–H and O–H groups in total. The first-order chi connectivity index (χ1) is 8.75. The number of imide groups is 1. The van der Waals surface area contributed by atoms with Gasteiger partial charge in [0.15, 0.2) is 0 Å². The molecule has 0 aliphatic carbocycles. The molecule has 0 saturated heterocycles. The van der Waals surface area contributed by atoms with Crippen LogP contribution in [-0.2, 0) is 25.8 Å². The third kappa shape index (κ3) is 3.52. The molecule has 1 aliphatic rings. The van der Waals surface area contributed by atoms with Gasteiger partial charge in [0, 0.05) is 34.2 Å². The van der Waals surface area contributed by atoms with E-state index in [1.165, 1.54) is 4.90 Å². The van der Waals surface area contributed by atoms with Crippen LogP contribution >= 0.6 is 0 Å². The molecule has 0 aromatic heterocycles. The molecule has 0 atom stereocenters. The largest absolute Gasteiger partial charge is 0.413 e. The molecule has 0 spiro atoms. The minimum Gasteiger partial charge on any atom is -0.413 e. The average Bonchev–Trinajstić information content (AvgIpc) is 2.64. The number of amides is 2. The second-order valence-electron chi connectivity index (χ2n) is 4.13. The first-order valence-corrected chi connectivity index (χ1v) is 6.08. The van der Waals surface area contributed by atoms with Gasteiger partial charge in [-0.1, -0.05) is 18.7 Å². The van der Waals surface area contributed by atoms with Crippen molar-refractivity contribution >= 4 is 11.8 Å². The van der Waals surface area contributed by atoms with Crippen LogP contribution in [0, 0.1) is 6.92 Å². The summed E-state index contributed by atoms with van der Waals surface area (Å²) < 4.78 is 5.11. The summed E-state index contributed by atoms with van der Waals surface area (Å²) >= 11 is 0. The average molecular weight is 430 g/mol. The van der Waals surface area contributed by atoms with E-state index in [0.29, 0.717) is 30.9 Å². The summed E-state index contributed by atoms with van der Waals surface area (Å²) in [6.07, 6.45) is 1.58. The van der Waals surface area contributed by atoms with Crippen LogP contribution in [0.2, 0.25) is 0 Å². The van der Waals surface area contributed by atoms with Gasteiger partial charge in [0.2, 0.25) is 0 Å². The van der Waals surface area contributed by atoms with E-state index in [2.05, 4.69) is 6.92 Å². The molecule has 2 rings (SSSR count). The van der Waals surface area contributed by atoms with Crippen molar-refractivity contribution in [3.63, 3.8) is 0 Å². The van der Waals surface area contributed by atoms with Gasteiger partial charge in [0.25, 0.3) is 11.8 Å². The molecular weight excluding hydrogens is 414 g/mol. The standard InChI is InChI=1S/C14H16NO3.W/c1-2-18-10-6-5-9-15-13(16)11-7-3-4-8-12(11)14(15)17;/h3-4,7-8H,1-2,5-6,9-10H2;/q-1;. The summed E-state index contributed by atoms with van der Waals surface area (Å²) in [5.74, 6) is -0.373. The van der Waals surface area contributed by atoms with Gasteiger partial charge in [-0.2, -0.15) is 0 Å². The number of hydrogen-bond acceptors (Lipinski definition) is 3. The topological polar surface area (TPSA) is 46.6 Å². The molecule has 1 aliphatic heterocycles. The van der Waals surface area contributed by atoms with Gasteiger partial charge in [-0.25, -0.2) is 0 Å². The number of hydrogen-bond donors (Lipinski definition) is 0. The Bertz CT molecular complexity index is 427. The van der Waals surface area contributed by atoms with E-state index in [9.17, 15) is 9.59 Å². The van der Waals surface area contributed by atoms with Crippen molar-refractivity contribution in [2.75, 3.05) is 19.8 Å². The molecular formula is C14H16NO3W-. The van der Waals surface area contributed by atoms with Crippen molar-refractivity contribution in [2.24, 2.45) is 0 Å². The number of rotatable bonds is 6. The van der Waals surface area contributed by atoms with Gasteiger partial charge in [-0.05, 0) is 25.0 Å². The third-order valence-electron chi connectivity index (χ3n) is 2.94. The van der Waals surface area contributed by atoms with Gasteiger partial charge in [-0.3, -0.25) is 14.5 Å². The van der Waals surface area contributed by atoms with Gasteiger partial charge in [0.1, 0.15) is 0 Å². The maximum Gasteiger partial charge on any atom is 0.261 e. The van der Waals surface area contributed by atoms with Crippen molar-refractivity contribution < 1.29 is 35.4 Å². The zero-order valence-corrected chi connectivity index (χ0v) is 13.6. The van der Waals surface area contributed by atoms with Crippen molar-refractivity contribution in [3.8, 4) is 0 Å². The van der Waals surface area contributed by atoms with E-state index < -0.39 is 0 Å². The van der Waals surface area contributed by atoms with Crippen LogP contribution in [0.4, 0.5) is 0 Å². The molecule has 4 nitrogen and oxygen atoms in total. The summed E-state index contributed by atoms with van der Waals surface area (Å²) in [6, 6.07) is 6.94. The van der Waals surface area contributed by atoms with E-state index in [-0.39, 0.29) is 32.9 Å². The quantitative estimate of drug-likeness (QED) is 0.394. The fourth-order valence-electron chi connectivity index (χ4n) is 2.02. The summed E-state index contributed by atoms with van der Waals surface area (Å²) in [4.78, 5) is 25.3. The van der Waals surface area contributed by atoms with Gasteiger partial charge in [0.05, 0.1) is 11.1 Å². The van der Waals surface area contributed by atoms with Crippen LogP contribution in [0.1, 0.15) is 33.6 Å². The maximum atomic E-state index is 12.0. The fourth-order valence-corrected chi connectivity index (χ4v) is 2.02. The Hall–Kier alpha value is -0.992. The predicted octanol–water partition coefficient (Wildman–Crippen LogP) is 1.91. The number of nitrogens with zero attached hydrogens (tertiary/aromatic N) is 1. The first kappa shape index (κ1) is 16.1. The normalized spacial score (nSPS) is 13.4. The SMILES string of the molecule is [CH2-]COCCCCN1C(=O)c2ccccc2C1=O.[W]. The molecule has 102 valence electrons. The number of ether oxygens (including phenoxy) is 1. The number of benzene rings is 1. The third-order valence-corrected chi connectivity index (χ3v) is 2.94. The number of carbonyl (C=O) groups is 2. The second kappa shape index (κ2) is 7.56. The summed E-state index contributed by atoms with van der Waals surface area (Å²) in [5, 5.41) is 0. The molecule has 5 heteroatoms. The van der Waals surface area contributed by atoms with E-state index in [4.69, 9.17) is 4.74 Å². The molecule has 0 saturated carbocycles. The van der Waals surface area contributed by atoms with Crippen molar-refractivity contribution in [3.05, 3.63) is 42.3 Å². The fraction of sp³-hybridized carbons (Fsp3) is 0.357. The van der Waals surface area contributed by atoms with E-state index in [1.807, 2.05) is 0 Å². The molecule has 0 bridgehead atoms. The molecule has 19 heavy (non-hydrogen) atoms. The van der Waals surface area contributed by atoms with Crippen molar-refractivity contribution in [1.29, 1.82) is 0 Å². The van der Waals surface area contributed by atoms with Crippen LogP contribution in [-0.4, -0.2) is 36.5 Å². The van der Waals surface area contributed by atoms with E-state index >= 15 is 0 Å².